The number of halogens is 1. The van der Waals surface area contributed by atoms with Gasteiger partial charge in [0.05, 0.1) is 23.5 Å². The Morgan fingerprint density at radius 2 is 1.97 bits per heavy atom. The van der Waals surface area contributed by atoms with Crippen LogP contribution in [0.25, 0.3) is 11.4 Å². The van der Waals surface area contributed by atoms with Crippen LogP contribution < -0.4 is 10.2 Å². The first-order valence-electron chi connectivity index (χ1n) is 9.91. The molecule has 2 bridgehead atoms. The summed E-state index contributed by atoms with van der Waals surface area (Å²) in [5.74, 6) is 2.13. The zero-order valence-electron chi connectivity index (χ0n) is 16.4. The molecule has 3 aromatic rings. The minimum absolute atomic E-state index is 0.183. The molecule has 148 valence electrons. The molecule has 6 heteroatoms. The van der Waals surface area contributed by atoms with Crippen molar-refractivity contribution in [1.82, 2.24) is 9.66 Å². The van der Waals surface area contributed by atoms with Crippen molar-refractivity contribution < 1.29 is 9.53 Å². The van der Waals surface area contributed by atoms with Crippen molar-refractivity contribution in [2.75, 3.05) is 12.5 Å². The van der Waals surface area contributed by atoms with E-state index >= 15 is 0 Å². The standard InChI is InChI=1S/C23H22ClN3O2/c1-13-16(7-5-9-19(13)29-2)23(28)26-27-21-15-11-10-14(12-15)20(21)25-22(27)17-6-3-4-8-18(17)24/h3-9,14-15H,10-12H2,1-2H3,(H,26,28). The molecule has 29 heavy (non-hydrogen) atoms. The fraction of sp³-hybridized carbons (Fsp3) is 0.304. The van der Waals surface area contributed by atoms with Crippen LogP contribution in [0.5, 0.6) is 5.75 Å². The third-order valence-corrected chi connectivity index (χ3v) is 6.55. The summed E-state index contributed by atoms with van der Waals surface area (Å²) in [6.07, 6.45) is 3.42. The third kappa shape index (κ3) is 2.84. The van der Waals surface area contributed by atoms with Crippen LogP contribution in [-0.4, -0.2) is 22.7 Å². The number of ether oxygens (including phenoxy) is 1. The number of carbonyl (C=O) groups is 1. The highest BCUT2D eigenvalue weighted by atomic mass is 35.5. The van der Waals surface area contributed by atoms with Gasteiger partial charge in [0.1, 0.15) is 5.75 Å². The van der Waals surface area contributed by atoms with E-state index in [0.717, 1.165) is 35.4 Å². The number of amides is 1. The quantitative estimate of drug-likeness (QED) is 0.641. The SMILES string of the molecule is COc1cccc(C(=O)Nn2c(-c3ccccc3Cl)nc3c2C2CCC3C2)c1C. The van der Waals surface area contributed by atoms with Crippen LogP contribution in [0, 0.1) is 6.92 Å². The number of hydrogen-bond acceptors (Lipinski definition) is 3. The average molecular weight is 408 g/mol. The van der Waals surface area contributed by atoms with Crippen LogP contribution in [0.3, 0.4) is 0 Å². The molecule has 1 amide bonds. The van der Waals surface area contributed by atoms with Gasteiger partial charge in [0.25, 0.3) is 5.91 Å². The average Bonchev–Trinajstić information content (AvgIpc) is 3.42. The van der Waals surface area contributed by atoms with Crippen molar-refractivity contribution in [1.29, 1.82) is 0 Å². The van der Waals surface area contributed by atoms with E-state index in [1.165, 1.54) is 6.42 Å². The summed E-state index contributed by atoms with van der Waals surface area (Å²) in [5.41, 5.74) is 7.57. The van der Waals surface area contributed by atoms with Gasteiger partial charge in [-0.05, 0) is 50.5 Å². The lowest BCUT2D eigenvalue weighted by atomic mass is 10.0. The maximum absolute atomic E-state index is 13.2. The normalized spacial score (nSPS) is 19.3. The Balaban J connectivity index is 1.61. The number of aromatic nitrogens is 2. The lowest BCUT2D eigenvalue weighted by molar-refractivity contribution is 0.101. The number of methoxy groups -OCH3 is 1. The van der Waals surface area contributed by atoms with Gasteiger partial charge in [-0.15, -0.1) is 0 Å². The number of hydrogen-bond donors (Lipinski definition) is 1. The molecule has 1 saturated carbocycles. The summed E-state index contributed by atoms with van der Waals surface area (Å²) in [7, 11) is 1.61. The van der Waals surface area contributed by atoms with Crippen molar-refractivity contribution >= 4 is 17.5 Å². The molecule has 0 spiro atoms. The van der Waals surface area contributed by atoms with Gasteiger partial charge in [-0.3, -0.25) is 10.2 Å². The van der Waals surface area contributed by atoms with E-state index in [-0.39, 0.29) is 5.91 Å². The lowest BCUT2D eigenvalue weighted by Crippen LogP contribution is -2.27. The number of carbonyl (C=O) groups excluding carboxylic acids is 1. The second-order valence-electron chi connectivity index (χ2n) is 7.80. The Morgan fingerprint density at radius 1 is 1.17 bits per heavy atom. The zero-order chi connectivity index (χ0) is 20.1. The molecule has 0 radical (unpaired) electrons. The number of rotatable bonds is 4. The lowest BCUT2D eigenvalue weighted by Gasteiger charge is -2.18. The number of fused-ring (bicyclic) bond motifs is 5. The molecule has 0 aliphatic heterocycles. The second-order valence-corrected chi connectivity index (χ2v) is 8.21. The number of imidazole rings is 1. The molecule has 2 atom stereocenters. The van der Waals surface area contributed by atoms with Gasteiger partial charge >= 0.3 is 0 Å². The molecule has 2 aliphatic rings. The van der Waals surface area contributed by atoms with Gasteiger partial charge in [-0.2, -0.15) is 0 Å². The highest BCUT2D eigenvalue weighted by Gasteiger charge is 2.42. The molecule has 0 saturated heterocycles. The summed E-state index contributed by atoms with van der Waals surface area (Å²) in [5, 5.41) is 0.622. The van der Waals surface area contributed by atoms with E-state index in [9.17, 15) is 4.79 Å². The molecular weight excluding hydrogens is 386 g/mol. The first-order valence-corrected chi connectivity index (χ1v) is 10.3. The van der Waals surface area contributed by atoms with Crippen molar-refractivity contribution in [3.8, 4) is 17.1 Å². The monoisotopic (exact) mass is 407 g/mol. The maximum atomic E-state index is 13.2. The summed E-state index contributed by atoms with van der Waals surface area (Å²) < 4.78 is 7.25. The molecule has 1 fully saturated rings. The van der Waals surface area contributed by atoms with Crippen LogP contribution in [0.15, 0.2) is 42.5 Å². The van der Waals surface area contributed by atoms with E-state index in [4.69, 9.17) is 21.3 Å². The third-order valence-electron chi connectivity index (χ3n) is 6.22. The topological polar surface area (TPSA) is 56.1 Å². The Hall–Kier alpha value is -2.79. The molecule has 1 N–H and O–H groups in total. The smallest absolute Gasteiger partial charge is 0.270 e. The first kappa shape index (κ1) is 18.3. The fourth-order valence-corrected chi connectivity index (χ4v) is 5.02. The van der Waals surface area contributed by atoms with E-state index in [2.05, 4.69) is 5.43 Å². The van der Waals surface area contributed by atoms with E-state index in [0.29, 0.717) is 34.0 Å². The van der Waals surface area contributed by atoms with Gasteiger partial charge < -0.3 is 4.74 Å². The Bertz CT molecular complexity index is 1120. The van der Waals surface area contributed by atoms with E-state index in [1.807, 2.05) is 54.1 Å². The van der Waals surface area contributed by atoms with Crippen LogP contribution in [0.1, 0.15) is 58.4 Å². The first-order chi connectivity index (χ1) is 14.1. The summed E-state index contributed by atoms with van der Waals surface area (Å²) in [6, 6.07) is 13.1. The van der Waals surface area contributed by atoms with Crippen molar-refractivity contribution in [3.05, 3.63) is 70.0 Å². The van der Waals surface area contributed by atoms with Gasteiger partial charge in [-0.25, -0.2) is 9.66 Å². The Kier molecular flexibility index (Phi) is 4.36. The van der Waals surface area contributed by atoms with Crippen molar-refractivity contribution in [3.63, 3.8) is 0 Å². The summed E-state index contributed by atoms with van der Waals surface area (Å²) >= 11 is 6.48. The second kappa shape index (κ2) is 6.92. The molecule has 5 nitrogen and oxygen atoms in total. The summed E-state index contributed by atoms with van der Waals surface area (Å²) in [6.45, 7) is 1.89. The minimum atomic E-state index is -0.183. The summed E-state index contributed by atoms with van der Waals surface area (Å²) in [4.78, 5) is 18.2. The zero-order valence-corrected chi connectivity index (χ0v) is 17.2. The van der Waals surface area contributed by atoms with Crippen molar-refractivity contribution in [2.45, 2.75) is 38.0 Å². The Labute approximate surface area is 174 Å². The fourth-order valence-electron chi connectivity index (χ4n) is 4.80. The Morgan fingerprint density at radius 3 is 2.76 bits per heavy atom. The van der Waals surface area contributed by atoms with Gasteiger partial charge in [0, 0.05) is 28.5 Å². The van der Waals surface area contributed by atoms with Gasteiger partial charge in [0.15, 0.2) is 5.82 Å². The van der Waals surface area contributed by atoms with E-state index in [1.54, 1.807) is 7.11 Å². The highest BCUT2D eigenvalue weighted by molar-refractivity contribution is 6.33. The number of nitrogens with zero attached hydrogens (tertiary/aromatic N) is 2. The van der Waals surface area contributed by atoms with Crippen LogP contribution in [0.4, 0.5) is 0 Å². The van der Waals surface area contributed by atoms with Crippen LogP contribution in [-0.2, 0) is 0 Å². The predicted octanol–water partition coefficient (Wildman–Crippen LogP) is 5.27. The van der Waals surface area contributed by atoms with Crippen LogP contribution >= 0.6 is 11.6 Å². The molecule has 1 aromatic heterocycles. The molecule has 2 aliphatic carbocycles. The molecule has 1 heterocycles. The van der Waals surface area contributed by atoms with Gasteiger partial charge in [0.2, 0.25) is 0 Å². The van der Waals surface area contributed by atoms with Crippen LogP contribution in [0.2, 0.25) is 5.02 Å². The molecular formula is C23H22ClN3O2. The minimum Gasteiger partial charge on any atom is -0.496 e. The van der Waals surface area contributed by atoms with E-state index < -0.39 is 0 Å². The van der Waals surface area contributed by atoms with Gasteiger partial charge in [-0.1, -0.05) is 29.8 Å². The largest absolute Gasteiger partial charge is 0.496 e. The molecule has 2 unspecified atom stereocenters. The maximum Gasteiger partial charge on any atom is 0.270 e. The molecule has 5 rings (SSSR count). The number of nitrogens with one attached hydrogen (secondary N) is 1. The molecule has 2 aromatic carbocycles. The predicted molar refractivity (Wildman–Crippen MR) is 113 cm³/mol. The number of benzene rings is 2. The highest BCUT2D eigenvalue weighted by Crippen LogP contribution is 2.53. The van der Waals surface area contributed by atoms with Crippen molar-refractivity contribution in [2.24, 2.45) is 0 Å².